The van der Waals surface area contributed by atoms with Gasteiger partial charge in [-0.15, -0.1) is 0 Å². The number of nitrogens with zero attached hydrogens (tertiary/aromatic N) is 2. The molecule has 0 radical (unpaired) electrons. The zero-order chi connectivity index (χ0) is 15.4. The summed E-state index contributed by atoms with van der Waals surface area (Å²) in [6, 6.07) is 16.3. The number of carbonyl (C=O) groups excluding carboxylic acids is 1. The van der Waals surface area contributed by atoms with Crippen molar-refractivity contribution in [3.63, 3.8) is 0 Å². The predicted molar refractivity (Wildman–Crippen MR) is 84.1 cm³/mol. The van der Waals surface area contributed by atoms with Crippen LogP contribution < -0.4 is 0 Å². The minimum absolute atomic E-state index is 0.175. The van der Waals surface area contributed by atoms with Crippen LogP contribution in [0, 0.1) is 0 Å². The molecule has 22 heavy (non-hydrogen) atoms. The molecule has 110 valence electrons. The highest BCUT2D eigenvalue weighted by atomic mass is 35.5. The van der Waals surface area contributed by atoms with Crippen molar-refractivity contribution in [2.45, 2.75) is 6.61 Å². The Morgan fingerprint density at radius 1 is 1.09 bits per heavy atom. The number of carbonyl (C=O) groups is 1. The fraction of sp³-hybridized carbons (Fsp3) is 0.0588. The lowest BCUT2D eigenvalue weighted by atomic mass is 10.2. The summed E-state index contributed by atoms with van der Waals surface area (Å²) in [5.41, 5.74) is 2.25. The van der Waals surface area contributed by atoms with Crippen LogP contribution in [0.2, 0.25) is 5.02 Å². The van der Waals surface area contributed by atoms with E-state index in [0.717, 1.165) is 11.3 Å². The van der Waals surface area contributed by atoms with E-state index in [1.165, 1.54) is 0 Å². The van der Waals surface area contributed by atoms with Gasteiger partial charge in [-0.3, -0.25) is 0 Å². The van der Waals surface area contributed by atoms with Crippen molar-refractivity contribution in [1.82, 2.24) is 9.78 Å². The van der Waals surface area contributed by atoms with Gasteiger partial charge in [0.1, 0.15) is 6.61 Å². The Balaban J connectivity index is 1.64. The van der Waals surface area contributed by atoms with Crippen molar-refractivity contribution in [2.75, 3.05) is 0 Å². The first kappa shape index (κ1) is 14.4. The number of halogens is 1. The quantitative estimate of drug-likeness (QED) is 0.687. The van der Waals surface area contributed by atoms with E-state index in [4.69, 9.17) is 16.3 Å². The van der Waals surface area contributed by atoms with Gasteiger partial charge in [-0.25, -0.2) is 9.48 Å². The third-order valence-corrected chi connectivity index (χ3v) is 3.36. The SMILES string of the molecule is O=C(OCc1cnn(-c2ccccc2)c1)c1ccc(Cl)cc1. The van der Waals surface area contributed by atoms with Gasteiger partial charge in [0, 0.05) is 16.8 Å². The maximum absolute atomic E-state index is 11.9. The molecule has 0 bridgehead atoms. The molecule has 0 saturated heterocycles. The molecule has 0 aliphatic heterocycles. The molecule has 0 atom stereocenters. The van der Waals surface area contributed by atoms with E-state index in [1.807, 2.05) is 36.5 Å². The van der Waals surface area contributed by atoms with Crippen LogP contribution in [0.15, 0.2) is 67.0 Å². The molecule has 0 unspecified atom stereocenters. The molecule has 0 spiro atoms. The number of esters is 1. The van der Waals surface area contributed by atoms with E-state index < -0.39 is 0 Å². The molecule has 0 aliphatic carbocycles. The van der Waals surface area contributed by atoms with Gasteiger partial charge in [0.15, 0.2) is 0 Å². The second-order valence-electron chi connectivity index (χ2n) is 4.71. The third-order valence-electron chi connectivity index (χ3n) is 3.11. The molecule has 1 heterocycles. The number of ether oxygens (including phenoxy) is 1. The van der Waals surface area contributed by atoms with Crippen LogP contribution >= 0.6 is 11.6 Å². The third kappa shape index (κ3) is 3.35. The van der Waals surface area contributed by atoms with Crippen LogP contribution in [-0.2, 0) is 11.3 Å². The fourth-order valence-electron chi connectivity index (χ4n) is 1.97. The van der Waals surface area contributed by atoms with Crippen molar-refractivity contribution in [3.8, 4) is 5.69 Å². The lowest BCUT2D eigenvalue weighted by molar-refractivity contribution is 0.0472. The van der Waals surface area contributed by atoms with E-state index in [1.54, 1.807) is 35.1 Å². The summed E-state index contributed by atoms with van der Waals surface area (Å²) in [4.78, 5) is 11.9. The lowest BCUT2D eigenvalue weighted by Gasteiger charge is -2.03. The Bertz CT molecular complexity index is 767. The molecule has 0 amide bonds. The second kappa shape index (κ2) is 6.45. The van der Waals surface area contributed by atoms with Crippen LogP contribution in [0.4, 0.5) is 0 Å². The smallest absolute Gasteiger partial charge is 0.338 e. The summed E-state index contributed by atoms with van der Waals surface area (Å²) in [7, 11) is 0. The molecule has 5 heteroatoms. The molecular weight excluding hydrogens is 300 g/mol. The standard InChI is InChI=1S/C17H13ClN2O2/c18-15-8-6-14(7-9-15)17(21)22-12-13-10-19-20(11-13)16-4-2-1-3-5-16/h1-11H,12H2. The molecule has 0 saturated carbocycles. The van der Waals surface area contributed by atoms with Crippen molar-refractivity contribution in [1.29, 1.82) is 0 Å². The Morgan fingerprint density at radius 2 is 1.82 bits per heavy atom. The maximum atomic E-state index is 11.9. The Hall–Kier alpha value is -2.59. The molecule has 4 nitrogen and oxygen atoms in total. The van der Waals surface area contributed by atoms with Gasteiger partial charge >= 0.3 is 5.97 Å². The minimum atomic E-state index is -0.385. The molecule has 0 aliphatic rings. The average Bonchev–Trinajstić information content (AvgIpc) is 3.03. The normalized spacial score (nSPS) is 10.4. The highest BCUT2D eigenvalue weighted by Crippen LogP contribution is 2.12. The Labute approximate surface area is 132 Å². The summed E-state index contributed by atoms with van der Waals surface area (Å²) >= 11 is 5.79. The molecule has 0 N–H and O–H groups in total. The summed E-state index contributed by atoms with van der Waals surface area (Å²) in [6.07, 6.45) is 3.52. The minimum Gasteiger partial charge on any atom is -0.457 e. The fourth-order valence-corrected chi connectivity index (χ4v) is 2.10. The van der Waals surface area contributed by atoms with E-state index in [2.05, 4.69) is 5.10 Å². The van der Waals surface area contributed by atoms with Crippen LogP contribution in [0.3, 0.4) is 0 Å². The molecule has 2 aromatic carbocycles. The Morgan fingerprint density at radius 3 is 2.55 bits per heavy atom. The van der Waals surface area contributed by atoms with E-state index in [0.29, 0.717) is 10.6 Å². The number of benzene rings is 2. The van der Waals surface area contributed by atoms with Crippen molar-refractivity contribution < 1.29 is 9.53 Å². The zero-order valence-electron chi connectivity index (χ0n) is 11.6. The number of rotatable bonds is 4. The van der Waals surface area contributed by atoms with Crippen molar-refractivity contribution >= 4 is 17.6 Å². The van der Waals surface area contributed by atoms with Gasteiger partial charge in [0.2, 0.25) is 0 Å². The Kier molecular flexibility index (Phi) is 4.21. The summed E-state index contributed by atoms with van der Waals surface area (Å²) in [5, 5.41) is 4.84. The highest BCUT2D eigenvalue weighted by molar-refractivity contribution is 6.30. The van der Waals surface area contributed by atoms with Gasteiger partial charge in [-0.05, 0) is 36.4 Å². The zero-order valence-corrected chi connectivity index (χ0v) is 12.4. The summed E-state index contributed by atoms with van der Waals surface area (Å²) < 4.78 is 7.01. The molecule has 0 fully saturated rings. The number of hydrogen-bond donors (Lipinski definition) is 0. The number of para-hydroxylation sites is 1. The summed E-state index contributed by atoms with van der Waals surface area (Å²) in [5.74, 6) is -0.385. The van der Waals surface area contributed by atoms with E-state index in [9.17, 15) is 4.79 Å². The van der Waals surface area contributed by atoms with Gasteiger partial charge in [0.05, 0.1) is 17.4 Å². The van der Waals surface area contributed by atoms with Gasteiger partial charge < -0.3 is 4.74 Å². The van der Waals surface area contributed by atoms with Gasteiger partial charge in [-0.2, -0.15) is 5.10 Å². The molecule has 1 aromatic heterocycles. The predicted octanol–water partition coefficient (Wildman–Crippen LogP) is 3.88. The monoisotopic (exact) mass is 312 g/mol. The van der Waals surface area contributed by atoms with Crippen LogP contribution in [0.5, 0.6) is 0 Å². The number of aromatic nitrogens is 2. The van der Waals surface area contributed by atoms with E-state index >= 15 is 0 Å². The molecule has 3 aromatic rings. The second-order valence-corrected chi connectivity index (χ2v) is 5.15. The first-order valence-corrected chi connectivity index (χ1v) is 7.12. The maximum Gasteiger partial charge on any atom is 0.338 e. The molecule has 3 rings (SSSR count). The first-order valence-electron chi connectivity index (χ1n) is 6.74. The van der Waals surface area contributed by atoms with Crippen LogP contribution in [-0.4, -0.2) is 15.7 Å². The lowest BCUT2D eigenvalue weighted by Crippen LogP contribution is -2.04. The number of hydrogen-bond acceptors (Lipinski definition) is 3. The summed E-state index contributed by atoms with van der Waals surface area (Å²) in [6.45, 7) is 0.175. The van der Waals surface area contributed by atoms with Gasteiger partial charge in [0.25, 0.3) is 0 Å². The van der Waals surface area contributed by atoms with Crippen LogP contribution in [0.1, 0.15) is 15.9 Å². The highest BCUT2D eigenvalue weighted by Gasteiger charge is 2.08. The average molecular weight is 313 g/mol. The van der Waals surface area contributed by atoms with Gasteiger partial charge in [-0.1, -0.05) is 29.8 Å². The van der Waals surface area contributed by atoms with Crippen molar-refractivity contribution in [3.05, 3.63) is 83.1 Å². The molecular formula is C17H13ClN2O2. The van der Waals surface area contributed by atoms with Crippen molar-refractivity contribution in [2.24, 2.45) is 0 Å². The largest absolute Gasteiger partial charge is 0.457 e. The topological polar surface area (TPSA) is 44.1 Å². The van der Waals surface area contributed by atoms with Crippen LogP contribution in [0.25, 0.3) is 5.69 Å². The first-order chi connectivity index (χ1) is 10.7. The van der Waals surface area contributed by atoms with E-state index in [-0.39, 0.29) is 12.6 Å².